The average Bonchev–Trinajstić information content (AvgIpc) is 3.80. The minimum Gasteiger partial charge on any atom is -0.504 e. The van der Waals surface area contributed by atoms with Crippen molar-refractivity contribution in [2.45, 2.75) is 62.4 Å². The molecule has 7 rings (SSSR count). The van der Waals surface area contributed by atoms with Crippen molar-refractivity contribution < 1.29 is 48.9 Å². The standard InChI is InChI=1S/C33H36N8O10S2/c1-15-17(10-41-6-4-33(13-41,5-7-41)12-39-14-35-18-9-21(43)20(42)8-16(18)26(39)45)24(29(47)48)40-27(46)23(28(40)53-15)37-25(44)22(19-11-52-31(34)36-19)38-51-32(2,3)30(49)50/h8-9,11,14-15,23,28H,4-7,10,12-13H2,1-3H3,(H6-,34,36,37,38,42,43,44,45,47,48,49,50)/p+1/t15-,23+,28+,33?,41?/m0/s1. The SMILES string of the molecule is C[C@@H]1S[C@@H]2[C@H](NC(=O)C(=NOC(C)(C)C(=O)O)c3csc(N)n3)C(=O)N2C(C(=O)O)=C1C[N+]12CCC(Cn3cnc4cc(O)c(O)cc4c3=O)(CC1)C2. The molecule has 0 spiro atoms. The molecule has 0 aliphatic carbocycles. The molecule has 53 heavy (non-hydrogen) atoms. The van der Waals surface area contributed by atoms with Gasteiger partial charge in [0, 0.05) is 47.1 Å². The van der Waals surface area contributed by atoms with Crippen LogP contribution in [0, 0.1) is 5.41 Å². The van der Waals surface area contributed by atoms with Crippen LogP contribution >= 0.6 is 23.1 Å². The number of rotatable bonds is 11. The van der Waals surface area contributed by atoms with Gasteiger partial charge in [-0.05, 0) is 26.8 Å². The number of thiazole rings is 1. The van der Waals surface area contributed by atoms with Crippen LogP contribution in [0.15, 0.2) is 45.1 Å². The number of carboxylic acid groups (broad SMARTS) is 2. The van der Waals surface area contributed by atoms with Crippen molar-refractivity contribution in [2.24, 2.45) is 10.6 Å². The number of piperidine rings is 1. The predicted molar refractivity (Wildman–Crippen MR) is 191 cm³/mol. The lowest BCUT2D eigenvalue weighted by Gasteiger charge is -2.51. The lowest BCUT2D eigenvalue weighted by atomic mass is 9.84. The molecule has 3 atom stereocenters. The Labute approximate surface area is 309 Å². The summed E-state index contributed by atoms with van der Waals surface area (Å²) in [5, 5.41) is 46.8. The van der Waals surface area contributed by atoms with E-state index >= 15 is 0 Å². The number of nitrogens with zero attached hydrogens (tertiary/aromatic N) is 6. The zero-order chi connectivity index (χ0) is 38.2. The van der Waals surface area contributed by atoms with Crippen molar-refractivity contribution in [3.8, 4) is 11.5 Å². The van der Waals surface area contributed by atoms with Gasteiger partial charge >= 0.3 is 11.9 Å². The maximum atomic E-state index is 13.6. The Morgan fingerprint density at radius 1 is 1.17 bits per heavy atom. The molecule has 4 aliphatic heterocycles. The van der Waals surface area contributed by atoms with E-state index in [1.165, 1.54) is 58.9 Å². The van der Waals surface area contributed by atoms with Gasteiger partial charge in [0.05, 0.1) is 36.9 Å². The Balaban J connectivity index is 1.09. The van der Waals surface area contributed by atoms with Crippen molar-refractivity contribution in [3.05, 3.63) is 51.2 Å². The van der Waals surface area contributed by atoms with Gasteiger partial charge in [-0.3, -0.25) is 23.9 Å². The second kappa shape index (κ2) is 12.7. The highest BCUT2D eigenvalue weighted by molar-refractivity contribution is 8.00. The highest BCUT2D eigenvalue weighted by Crippen LogP contribution is 2.50. The summed E-state index contributed by atoms with van der Waals surface area (Å²) in [6, 6.07) is 1.34. The number of hydrogen-bond donors (Lipinski definition) is 6. The first-order valence-corrected chi connectivity index (χ1v) is 18.5. The Morgan fingerprint density at radius 2 is 1.87 bits per heavy atom. The van der Waals surface area contributed by atoms with E-state index in [-0.39, 0.29) is 49.4 Å². The summed E-state index contributed by atoms with van der Waals surface area (Å²) in [6.07, 6.45) is 3.02. The molecule has 0 radical (unpaired) electrons. The number of benzene rings is 1. The normalized spacial score (nSPS) is 26.8. The van der Waals surface area contributed by atoms with Gasteiger partial charge in [-0.25, -0.2) is 19.6 Å². The second-order valence-corrected chi connectivity index (χ2v) is 16.9. The summed E-state index contributed by atoms with van der Waals surface area (Å²) in [7, 11) is 0. The highest BCUT2D eigenvalue weighted by atomic mass is 32.2. The van der Waals surface area contributed by atoms with Crippen molar-refractivity contribution in [3.63, 3.8) is 0 Å². The van der Waals surface area contributed by atoms with E-state index in [9.17, 15) is 44.4 Å². The number of aromatic nitrogens is 3. The molecular formula is C33H37N8O10S2+. The topological polar surface area (TPSA) is 260 Å². The van der Waals surface area contributed by atoms with Gasteiger partial charge in [-0.2, -0.15) is 0 Å². The fraction of sp³-hybridized carbons (Fsp3) is 0.455. The molecule has 2 aromatic heterocycles. The van der Waals surface area contributed by atoms with Crippen molar-refractivity contribution in [1.82, 2.24) is 24.8 Å². The number of carbonyl (C=O) groups excluding carboxylic acids is 2. The molecular weight excluding hydrogens is 733 g/mol. The summed E-state index contributed by atoms with van der Waals surface area (Å²) < 4.78 is 2.12. The van der Waals surface area contributed by atoms with Crippen molar-refractivity contribution >= 4 is 68.6 Å². The Hall–Kier alpha value is -5.21. The second-order valence-electron chi connectivity index (χ2n) is 14.6. The van der Waals surface area contributed by atoms with E-state index in [1.54, 1.807) is 0 Å². The lowest BCUT2D eigenvalue weighted by Crippen LogP contribution is -2.71. The van der Waals surface area contributed by atoms with Gasteiger partial charge in [0.25, 0.3) is 17.4 Å². The smallest absolute Gasteiger partial charge is 0.352 e. The van der Waals surface area contributed by atoms with Crippen molar-refractivity contribution in [2.75, 3.05) is 31.9 Å². The van der Waals surface area contributed by atoms with E-state index in [2.05, 4.69) is 20.4 Å². The summed E-state index contributed by atoms with van der Waals surface area (Å²) in [5.41, 5.74) is 3.76. The molecule has 0 saturated carbocycles. The third-order valence-electron chi connectivity index (χ3n) is 10.6. The van der Waals surface area contributed by atoms with E-state index in [0.29, 0.717) is 29.7 Å². The molecule has 1 aromatic carbocycles. The third kappa shape index (κ3) is 6.23. The number of anilines is 1. The first kappa shape index (κ1) is 36.2. The number of phenols is 2. The number of fused-ring (bicyclic) bond motifs is 4. The molecule has 2 bridgehead atoms. The van der Waals surface area contributed by atoms with Crippen molar-refractivity contribution in [1.29, 1.82) is 0 Å². The molecule has 18 nitrogen and oxygen atoms in total. The number of quaternary nitrogens is 1. The maximum Gasteiger partial charge on any atom is 0.352 e. The summed E-state index contributed by atoms with van der Waals surface area (Å²) >= 11 is 2.37. The number of hydrogen-bond acceptors (Lipinski definition) is 14. The predicted octanol–water partition coefficient (Wildman–Crippen LogP) is 0.868. The number of oxime groups is 1. The number of thioether (sulfide) groups is 1. The number of amides is 2. The highest BCUT2D eigenvalue weighted by Gasteiger charge is 2.59. The van der Waals surface area contributed by atoms with Gasteiger partial charge in [-0.15, -0.1) is 23.1 Å². The summed E-state index contributed by atoms with van der Waals surface area (Å²) in [6.45, 7) is 7.32. The number of nitrogens with one attached hydrogen (secondary N) is 1. The van der Waals surface area contributed by atoms with Crippen LogP contribution in [-0.2, 0) is 30.6 Å². The molecule has 280 valence electrons. The van der Waals surface area contributed by atoms with Crippen LogP contribution in [0.25, 0.3) is 10.9 Å². The number of carboxylic acids is 2. The Kier molecular flexibility index (Phi) is 8.68. The number of β-lactam (4-membered cyclic amide) rings is 1. The van der Waals surface area contributed by atoms with E-state index in [4.69, 9.17) is 10.6 Å². The fourth-order valence-electron chi connectivity index (χ4n) is 7.72. The van der Waals surface area contributed by atoms with Crippen LogP contribution in [0.2, 0.25) is 0 Å². The minimum absolute atomic E-state index is 0.00968. The molecule has 3 saturated heterocycles. The summed E-state index contributed by atoms with van der Waals surface area (Å²) in [4.78, 5) is 79.7. The number of aromatic hydroxyl groups is 2. The van der Waals surface area contributed by atoms with E-state index in [0.717, 1.165) is 37.3 Å². The summed E-state index contributed by atoms with van der Waals surface area (Å²) in [5.74, 6) is -4.87. The number of phenolic OH excluding ortho intramolecular Hbond substituents is 2. The molecule has 20 heteroatoms. The average molecular weight is 770 g/mol. The lowest BCUT2D eigenvalue weighted by molar-refractivity contribution is -0.905. The first-order chi connectivity index (χ1) is 24.9. The van der Waals surface area contributed by atoms with Gasteiger partial charge in [0.2, 0.25) is 5.60 Å². The zero-order valence-electron chi connectivity index (χ0n) is 28.8. The zero-order valence-corrected chi connectivity index (χ0v) is 30.4. The molecule has 3 aromatic rings. The molecule has 0 unspecified atom stereocenters. The maximum absolute atomic E-state index is 13.6. The minimum atomic E-state index is -1.79. The van der Waals surface area contributed by atoms with E-state index < -0.39 is 52.2 Å². The van der Waals surface area contributed by atoms with Crippen LogP contribution < -0.4 is 16.6 Å². The number of aliphatic carboxylic acids is 2. The number of nitrogens with two attached hydrogens (primary N) is 1. The molecule has 7 N–H and O–H groups in total. The van der Waals surface area contributed by atoms with Gasteiger partial charge < -0.3 is 40.8 Å². The van der Waals surface area contributed by atoms with Crippen LogP contribution in [-0.4, -0.2) is 122 Å². The van der Waals surface area contributed by atoms with Gasteiger partial charge in [-0.1, -0.05) is 5.16 Å². The van der Waals surface area contributed by atoms with Crippen LogP contribution in [0.1, 0.15) is 39.3 Å². The van der Waals surface area contributed by atoms with E-state index in [1.807, 2.05) is 6.92 Å². The number of carbonyl (C=O) groups is 4. The molecule has 3 fully saturated rings. The molecule has 2 amide bonds. The van der Waals surface area contributed by atoms with Crippen LogP contribution in [0.3, 0.4) is 0 Å². The van der Waals surface area contributed by atoms with Gasteiger partial charge in [0.1, 0.15) is 29.4 Å². The molecule has 4 aliphatic rings. The quantitative estimate of drug-likeness (QED) is 0.0520. The Morgan fingerprint density at radius 3 is 2.51 bits per heavy atom. The largest absolute Gasteiger partial charge is 0.504 e. The van der Waals surface area contributed by atoms with Crippen LogP contribution in [0.5, 0.6) is 11.5 Å². The first-order valence-electron chi connectivity index (χ1n) is 16.7. The van der Waals surface area contributed by atoms with Gasteiger partial charge in [0.15, 0.2) is 22.3 Å². The Bertz CT molecular complexity index is 2210. The monoisotopic (exact) mass is 769 g/mol. The third-order valence-corrected chi connectivity index (χ3v) is 12.7. The molecule has 6 heterocycles. The fourth-order valence-corrected chi connectivity index (χ4v) is 9.71. The van der Waals surface area contributed by atoms with Crippen LogP contribution in [0.4, 0.5) is 5.13 Å². The number of nitrogen functional groups attached to an aromatic ring is 1.